The fourth-order valence-electron chi connectivity index (χ4n) is 1.98. The zero-order valence-electron chi connectivity index (χ0n) is 9.16. The monoisotopic (exact) mass is 193 g/mol. The zero-order chi connectivity index (χ0) is 9.97. The molecule has 0 amide bonds. The predicted molar refractivity (Wildman–Crippen MR) is 56.1 cm³/mol. The van der Waals surface area contributed by atoms with Crippen molar-refractivity contribution in [3.8, 4) is 0 Å². The van der Waals surface area contributed by atoms with E-state index in [4.69, 9.17) is 0 Å². The summed E-state index contributed by atoms with van der Waals surface area (Å²) >= 11 is 0. The van der Waals surface area contributed by atoms with Crippen LogP contribution in [0.4, 0.5) is 0 Å². The summed E-state index contributed by atoms with van der Waals surface area (Å²) in [6, 6.07) is 0. The minimum absolute atomic E-state index is 0.727. The lowest BCUT2D eigenvalue weighted by Crippen LogP contribution is -2.14. The van der Waals surface area contributed by atoms with Gasteiger partial charge < -0.3 is 4.57 Å². The van der Waals surface area contributed by atoms with Crippen LogP contribution < -0.4 is 0 Å². The van der Waals surface area contributed by atoms with Crippen molar-refractivity contribution in [2.75, 3.05) is 0 Å². The molecule has 1 unspecified atom stereocenters. The van der Waals surface area contributed by atoms with E-state index in [0.29, 0.717) is 0 Å². The van der Waals surface area contributed by atoms with Crippen LogP contribution in [0.2, 0.25) is 0 Å². The molecule has 1 aromatic heterocycles. The molecular formula is C11H19N3. The van der Waals surface area contributed by atoms with Crippen LogP contribution in [0.5, 0.6) is 0 Å². The quantitative estimate of drug-likeness (QED) is 0.736. The molecule has 0 bridgehead atoms. The van der Waals surface area contributed by atoms with E-state index in [1.165, 1.54) is 30.9 Å². The van der Waals surface area contributed by atoms with Crippen LogP contribution >= 0.6 is 0 Å². The minimum Gasteiger partial charge on any atom is -0.315 e. The van der Waals surface area contributed by atoms with Crippen LogP contribution in [0.1, 0.15) is 44.8 Å². The maximum absolute atomic E-state index is 4.30. The zero-order valence-corrected chi connectivity index (χ0v) is 9.16. The van der Waals surface area contributed by atoms with E-state index in [0.717, 1.165) is 25.3 Å². The fourth-order valence-corrected chi connectivity index (χ4v) is 1.98. The Morgan fingerprint density at radius 3 is 3.00 bits per heavy atom. The van der Waals surface area contributed by atoms with E-state index in [2.05, 4.69) is 28.6 Å². The molecule has 1 atom stereocenters. The molecule has 0 spiro atoms. The van der Waals surface area contributed by atoms with Gasteiger partial charge >= 0.3 is 0 Å². The van der Waals surface area contributed by atoms with Gasteiger partial charge in [-0.1, -0.05) is 20.3 Å². The van der Waals surface area contributed by atoms with Gasteiger partial charge in [0.25, 0.3) is 0 Å². The van der Waals surface area contributed by atoms with Crippen molar-refractivity contribution in [3.63, 3.8) is 0 Å². The topological polar surface area (TPSA) is 30.7 Å². The molecule has 2 heterocycles. The van der Waals surface area contributed by atoms with E-state index < -0.39 is 0 Å². The van der Waals surface area contributed by atoms with E-state index in [9.17, 15) is 0 Å². The third kappa shape index (κ3) is 1.81. The van der Waals surface area contributed by atoms with Gasteiger partial charge in [0.05, 0.1) is 0 Å². The highest BCUT2D eigenvalue weighted by molar-refractivity contribution is 4.99. The summed E-state index contributed by atoms with van der Waals surface area (Å²) in [6.07, 6.45) is 6.00. The molecule has 1 aromatic rings. The van der Waals surface area contributed by atoms with Crippen LogP contribution in [0.15, 0.2) is 0 Å². The van der Waals surface area contributed by atoms with Gasteiger partial charge in [-0.25, -0.2) is 0 Å². The second kappa shape index (κ2) is 4.11. The highest BCUT2D eigenvalue weighted by atomic mass is 15.3. The Labute approximate surface area is 85.5 Å². The van der Waals surface area contributed by atoms with Crippen LogP contribution in [-0.2, 0) is 19.4 Å². The number of nitrogens with zero attached hydrogens (tertiary/aromatic N) is 3. The molecule has 0 N–H and O–H groups in total. The van der Waals surface area contributed by atoms with E-state index >= 15 is 0 Å². The largest absolute Gasteiger partial charge is 0.315 e. The summed E-state index contributed by atoms with van der Waals surface area (Å²) in [5, 5.41) is 8.56. The molecule has 2 rings (SSSR count). The van der Waals surface area contributed by atoms with Crippen molar-refractivity contribution in [1.29, 1.82) is 0 Å². The van der Waals surface area contributed by atoms with Gasteiger partial charge in [-0.2, -0.15) is 0 Å². The first-order valence-corrected chi connectivity index (χ1v) is 5.72. The highest BCUT2D eigenvalue weighted by Crippen LogP contribution is 2.17. The molecule has 3 heteroatoms. The molecule has 0 saturated carbocycles. The van der Waals surface area contributed by atoms with E-state index in [1.54, 1.807) is 0 Å². The number of aromatic nitrogens is 3. The summed E-state index contributed by atoms with van der Waals surface area (Å²) in [6.45, 7) is 5.65. The van der Waals surface area contributed by atoms with Crippen LogP contribution in [-0.4, -0.2) is 14.8 Å². The maximum Gasteiger partial charge on any atom is 0.133 e. The van der Waals surface area contributed by atoms with Gasteiger partial charge in [-0.15, -0.1) is 10.2 Å². The van der Waals surface area contributed by atoms with Crippen molar-refractivity contribution < 1.29 is 0 Å². The van der Waals surface area contributed by atoms with Gasteiger partial charge in [-0.05, 0) is 18.8 Å². The lowest BCUT2D eigenvalue weighted by atomic mass is 10.0. The Morgan fingerprint density at radius 1 is 1.36 bits per heavy atom. The minimum atomic E-state index is 0.727. The molecular weight excluding hydrogens is 174 g/mol. The van der Waals surface area contributed by atoms with Crippen molar-refractivity contribution in [2.24, 2.45) is 5.92 Å². The Morgan fingerprint density at radius 2 is 2.21 bits per heavy atom. The van der Waals surface area contributed by atoms with Crippen molar-refractivity contribution in [3.05, 3.63) is 11.6 Å². The number of hydrogen-bond acceptors (Lipinski definition) is 2. The molecule has 0 aromatic carbocycles. The van der Waals surface area contributed by atoms with E-state index in [-0.39, 0.29) is 0 Å². The molecule has 1 aliphatic rings. The summed E-state index contributed by atoms with van der Waals surface area (Å²) in [7, 11) is 0. The number of hydrogen-bond donors (Lipinski definition) is 0. The van der Waals surface area contributed by atoms with Gasteiger partial charge in [0.15, 0.2) is 0 Å². The molecule has 3 nitrogen and oxygen atoms in total. The lowest BCUT2D eigenvalue weighted by molar-refractivity contribution is 0.476. The Hall–Kier alpha value is -0.860. The van der Waals surface area contributed by atoms with Crippen LogP contribution in [0, 0.1) is 5.92 Å². The maximum atomic E-state index is 4.30. The highest BCUT2D eigenvalue weighted by Gasteiger charge is 2.16. The summed E-state index contributed by atoms with van der Waals surface area (Å²) in [4.78, 5) is 0. The summed E-state index contributed by atoms with van der Waals surface area (Å²) in [5.74, 6) is 3.13. The van der Waals surface area contributed by atoms with Gasteiger partial charge in [0.1, 0.15) is 11.6 Å². The Bertz CT molecular complexity index is 303. The van der Waals surface area contributed by atoms with Crippen LogP contribution in [0.3, 0.4) is 0 Å². The first kappa shape index (κ1) is 9.69. The normalized spacial score (nSPS) is 17.9. The molecule has 14 heavy (non-hydrogen) atoms. The molecule has 0 aliphatic carbocycles. The second-order valence-electron chi connectivity index (χ2n) is 4.36. The van der Waals surface area contributed by atoms with Crippen molar-refractivity contribution >= 4 is 0 Å². The summed E-state index contributed by atoms with van der Waals surface area (Å²) < 4.78 is 2.33. The molecule has 78 valence electrons. The first-order chi connectivity index (χ1) is 6.81. The van der Waals surface area contributed by atoms with Gasteiger partial charge in [-0.3, -0.25) is 0 Å². The lowest BCUT2D eigenvalue weighted by Gasteiger charge is -2.15. The van der Waals surface area contributed by atoms with Crippen molar-refractivity contribution in [1.82, 2.24) is 14.8 Å². The third-order valence-electron chi connectivity index (χ3n) is 3.16. The van der Waals surface area contributed by atoms with Crippen LogP contribution in [0.25, 0.3) is 0 Å². The SMILES string of the molecule is CCC(C)Cc1nnc2n1CCCC2. The van der Waals surface area contributed by atoms with Gasteiger partial charge in [0, 0.05) is 19.4 Å². The van der Waals surface area contributed by atoms with Crippen molar-refractivity contribution in [2.45, 2.75) is 52.5 Å². The average molecular weight is 193 g/mol. The number of rotatable bonds is 3. The first-order valence-electron chi connectivity index (χ1n) is 5.72. The molecule has 0 fully saturated rings. The Balaban J connectivity index is 2.14. The van der Waals surface area contributed by atoms with E-state index in [1.807, 2.05) is 0 Å². The smallest absolute Gasteiger partial charge is 0.133 e. The standard InChI is InChI=1S/C11H19N3/c1-3-9(2)8-11-13-12-10-6-4-5-7-14(10)11/h9H,3-8H2,1-2H3. The predicted octanol–water partition coefficient (Wildman–Crippen LogP) is 2.20. The molecule has 0 saturated heterocycles. The van der Waals surface area contributed by atoms with Gasteiger partial charge in [0.2, 0.25) is 0 Å². The number of fused-ring (bicyclic) bond motifs is 1. The average Bonchev–Trinajstić information content (AvgIpc) is 2.62. The second-order valence-corrected chi connectivity index (χ2v) is 4.36. The molecule has 1 aliphatic heterocycles. The third-order valence-corrected chi connectivity index (χ3v) is 3.16. The summed E-state index contributed by atoms with van der Waals surface area (Å²) in [5.41, 5.74) is 0. The fraction of sp³-hybridized carbons (Fsp3) is 0.818. The molecule has 0 radical (unpaired) electrons. The Kier molecular flexibility index (Phi) is 2.85. The number of aryl methyl sites for hydroxylation is 1.